The average molecular weight is 803 g/mol. The van der Waals surface area contributed by atoms with Crippen LogP contribution in [0.15, 0.2) is 121 Å². The molecule has 5 heterocycles. The van der Waals surface area contributed by atoms with Gasteiger partial charge in [0.05, 0.1) is 23.3 Å². The Morgan fingerprint density at radius 2 is 0.509 bits per heavy atom. The van der Waals surface area contributed by atoms with Gasteiger partial charge in [-0.1, -0.05) is 177 Å². The maximum Gasteiger partial charge on any atom is 2.00 e. The molecule has 0 saturated carbocycles. The summed E-state index contributed by atoms with van der Waals surface area (Å²) < 4.78 is 0. The van der Waals surface area contributed by atoms with Crippen LogP contribution in [0.1, 0.15) is 66.5 Å². The zero-order valence-electron chi connectivity index (χ0n) is 34.4. The second-order valence-corrected chi connectivity index (χ2v) is 11.7. The molecule has 2 aliphatic rings. The van der Waals surface area contributed by atoms with E-state index in [1.54, 1.807) is 0 Å². The number of aromatic nitrogens is 8. The second-order valence-electron chi connectivity index (χ2n) is 11.7. The summed E-state index contributed by atoms with van der Waals surface area (Å²) in [6.07, 6.45) is 0. The van der Waals surface area contributed by atoms with Crippen molar-refractivity contribution in [3.63, 3.8) is 0 Å². The summed E-state index contributed by atoms with van der Waals surface area (Å²) in [5, 5.41) is 3.57. The van der Waals surface area contributed by atoms with Crippen molar-refractivity contribution in [1.29, 1.82) is 0 Å². The first-order chi connectivity index (χ1) is 27.6. The van der Waals surface area contributed by atoms with Gasteiger partial charge < -0.3 is 29.9 Å². The van der Waals surface area contributed by atoms with E-state index in [1.165, 1.54) is 11.1 Å². The van der Waals surface area contributed by atoms with Crippen molar-refractivity contribution >= 4 is 44.1 Å². The zero-order valence-corrected chi connectivity index (χ0v) is 35.4. The van der Waals surface area contributed by atoms with Crippen molar-refractivity contribution in [2.75, 3.05) is 0 Å². The number of hydrogen-bond donors (Lipinski definition) is 0. The molecule has 3 aromatic heterocycles. The minimum absolute atomic E-state index is 0. The van der Waals surface area contributed by atoms with Crippen LogP contribution >= 0.6 is 0 Å². The van der Waals surface area contributed by atoms with Crippen molar-refractivity contribution in [2.24, 2.45) is 0 Å². The molecule has 8 nitrogen and oxygen atoms in total. The molecule has 0 atom stereocenters. The van der Waals surface area contributed by atoms with Crippen molar-refractivity contribution in [3.05, 3.63) is 132 Å². The van der Waals surface area contributed by atoms with Crippen LogP contribution in [0.3, 0.4) is 0 Å². The van der Waals surface area contributed by atoms with E-state index in [1.807, 2.05) is 152 Å². The minimum atomic E-state index is 0. The van der Waals surface area contributed by atoms with Crippen LogP contribution in [0.4, 0.5) is 0 Å². The fourth-order valence-corrected chi connectivity index (χ4v) is 6.12. The quantitative estimate of drug-likeness (QED) is 0.140. The molecule has 0 aliphatic carbocycles. The van der Waals surface area contributed by atoms with Gasteiger partial charge in [0.25, 0.3) is 0 Å². The molecule has 0 N–H and O–H groups in total. The number of benzene rings is 5. The molecule has 0 amide bonds. The van der Waals surface area contributed by atoms with Gasteiger partial charge in [-0.25, -0.2) is 9.97 Å². The summed E-state index contributed by atoms with van der Waals surface area (Å²) in [4.78, 5) is 39.3. The molecule has 0 unspecified atom stereocenters. The Morgan fingerprint density at radius 3 is 0.737 bits per heavy atom. The van der Waals surface area contributed by atoms with Crippen molar-refractivity contribution < 1.29 is 17.1 Å². The van der Waals surface area contributed by atoms with Crippen molar-refractivity contribution in [3.8, 4) is 45.6 Å². The molecule has 9 heteroatoms. The topological polar surface area (TPSA) is 106 Å². The molecule has 0 spiro atoms. The van der Waals surface area contributed by atoms with E-state index in [9.17, 15) is 0 Å². The number of nitrogens with zero attached hydrogens (tertiary/aromatic N) is 8. The molecular formula is C48H50CuN8. The van der Waals surface area contributed by atoms with Gasteiger partial charge in [-0.15, -0.1) is 0 Å². The van der Waals surface area contributed by atoms with Crippen LogP contribution in [0, 0.1) is 13.8 Å². The Hall–Kier alpha value is -6.02. The number of hydrogen-bond acceptors (Lipinski definition) is 6. The van der Waals surface area contributed by atoms with Crippen molar-refractivity contribution in [2.45, 2.75) is 69.2 Å². The van der Waals surface area contributed by atoms with Gasteiger partial charge in [0.15, 0.2) is 0 Å². The Bertz CT molecular complexity index is 2390. The van der Waals surface area contributed by atoms with Crippen molar-refractivity contribution in [1.82, 2.24) is 39.9 Å². The molecule has 0 saturated heterocycles. The smallest absolute Gasteiger partial charge is 0.357 e. The van der Waals surface area contributed by atoms with E-state index in [4.69, 9.17) is 39.9 Å². The van der Waals surface area contributed by atoms with E-state index in [2.05, 4.69) is 38.1 Å². The van der Waals surface area contributed by atoms with Gasteiger partial charge in [-0.3, -0.25) is 0 Å². The normalized spacial score (nSPS) is 10.1. The van der Waals surface area contributed by atoms with Crippen LogP contribution in [-0.2, 0) is 17.1 Å². The van der Waals surface area contributed by atoms with Crippen LogP contribution in [0.5, 0.6) is 0 Å². The third-order valence-corrected chi connectivity index (χ3v) is 8.76. The first-order valence-corrected chi connectivity index (χ1v) is 19.7. The SMILES string of the molecule is CC.CC.CC.CC.Cc1ccccc1C.[Cu+2].c1ccc2c(c1)-c1nc-2nc2[n-]c(nc3nc(nc4[n-]c(n1)c1ccccc41)-c1ccccc1-3)c1ccccc21. The van der Waals surface area contributed by atoms with Crippen LogP contribution in [0.2, 0.25) is 0 Å². The van der Waals surface area contributed by atoms with E-state index >= 15 is 0 Å². The van der Waals surface area contributed by atoms with Crippen LogP contribution in [-0.4, -0.2) is 29.9 Å². The fourth-order valence-electron chi connectivity index (χ4n) is 6.12. The van der Waals surface area contributed by atoms with E-state index in [0.717, 1.165) is 43.8 Å². The van der Waals surface area contributed by atoms with Crippen LogP contribution < -0.4 is 9.97 Å². The first-order valence-electron chi connectivity index (χ1n) is 19.7. The maximum atomic E-state index is 4.95. The molecule has 1 radical (unpaired) electrons. The average Bonchev–Trinajstić information content (AvgIpc) is 4.01. The monoisotopic (exact) mass is 801 g/mol. The summed E-state index contributed by atoms with van der Waals surface area (Å²) in [5.41, 5.74) is 8.52. The second kappa shape index (κ2) is 20.8. The van der Waals surface area contributed by atoms with Gasteiger partial charge in [-0.2, -0.15) is 0 Å². The van der Waals surface area contributed by atoms with E-state index < -0.39 is 0 Å². The van der Waals surface area contributed by atoms with E-state index in [0.29, 0.717) is 45.9 Å². The fraction of sp³-hybridized carbons (Fsp3) is 0.208. The van der Waals surface area contributed by atoms with E-state index in [-0.39, 0.29) is 17.1 Å². The standard InChI is InChI=1S/C32H16N8.C8H10.4C2H6.Cu/c1-2-10-18-17(9-1)25-33-26(18)38-28-21-13-5-6-14-22(21)30(35-28)40-32-24-16-8-7-15-23(24)31(36-32)39-29-20-12-4-3-11-19(20)27(34-29)37-25;1-7-5-3-4-6-8(7)2;4*1-2;/h1-16H;3-6H,1-2H3;4*1-2H3;/q-2;;;;;;+2. The first kappa shape index (κ1) is 43.7. The molecule has 8 bridgehead atoms. The summed E-state index contributed by atoms with van der Waals surface area (Å²) in [7, 11) is 0. The number of fused-ring (bicyclic) bond motifs is 20. The Kier molecular flexibility index (Phi) is 15.9. The molecule has 293 valence electrons. The predicted octanol–water partition coefficient (Wildman–Crippen LogP) is 12.5. The summed E-state index contributed by atoms with van der Waals surface area (Å²) >= 11 is 0. The Balaban J connectivity index is 0.000000367. The Labute approximate surface area is 346 Å². The maximum absolute atomic E-state index is 4.95. The minimum Gasteiger partial charge on any atom is -0.357 e. The van der Waals surface area contributed by atoms with Gasteiger partial charge in [-0.05, 0) is 46.5 Å². The molecule has 10 rings (SSSR count). The summed E-state index contributed by atoms with van der Waals surface area (Å²) in [6, 6.07) is 40.2. The molecule has 2 aliphatic heterocycles. The van der Waals surface area contributed by atoms with Gasteiger partial charge >= 0.3 is 17.1 Å². The Morgan fingerprint density at radius 1 is 0.298 bits per heavy atom. The van der Waals surface area contributed by atoms with Crippen LogP contribution in [0.25, 0.3) is 89.7 Å². The predicted molar refractivity (Wildman–Crippen MR) is 235 cm³/mol. The molecule has 8 aromatic rings. The summed E-state index contributed by atoms with van der Waals surface area (Å²) in [6.45, 7) is 20.2. The largest absolute Gasteiger partial charge is 2.00 e. The zero-order chi connectivity index (χ0) is 40.2. The van der Waals surface area contributed by atoms with Gasteiger partial charge in [0, 0.05) is 44.8 Å². The molecular weight excluding hydrogens is 752 g/mol. The third kappa shape index (κ3) is 9.01. The van der Waals surface area contributed by atoms with Gasteiger partial charge in [0.1, 0.15) is 0 Å². The number of aryl methyl sites for hydroxylation is 2. The molecule has 5 aromatic carbocycles. The molecule has 57 heavy (non-hydrogen) atoms. The molecule has 0 fully saturated rings. The number of rotatable bonds is 0. The third-order valence-electron chi connectivity index (χ3n) is 8.76. The van der Waals surface area contributed by atoms with Gasteiger partial charge in [0.2, 0.25) is 0 Å². The summed E-state index contributed by atoms with van der Waals surface area (Å²) in [5.74, 6) is 2.21.